The molecule has 0 saturated carbocycles. The van der Waals surface area contributed by atoms with Crippen LogP contribution in [0.3, 0.4) is 0 Å². The van der Waals surface area contributed by atoms with Gasteiger partial charge in [0, 0.05) is 30.0 Å². The molecule has 1 aliphatic heterocycles. The average molecular weight is 373 g/mol. The molecule has 0 unspecified atom stereocenters. The third kappa shape index (κ3) is 4.08. The number of esters is 1. The van der Waals surface area contributed by atoms with E-state index in [4.69, 9.17) is 15.2 Å². The van der Waals surface area contributed by atoms with E-state index >= 15 is 0 Å². The van der Waals surface area contributed by atoms with Crippen molar-refractivity contribution in [2.24, 2.45) is 5.73 Å². The van der Waals surface area contributed by atoms with Crippen LogP contribution in [0, 0.1) is 0 Å². The summed E-state index contributed by atoms with van der Waals surface area (Å²) in [6.45, 7) is 8.35. The molecule has 27 heavy (non-hydrogen) atoms. The SMILES string of the molecule is CCOC(=O)c1[nH]c2ccc(OC3CCN(C(C)C)CC3)cc2c1C(N)=O. The molecule has 0 aliphatic carbocycles. The molecule has 146 valence electrons. The Kier molecular flexibility index (Phi) is 5.70. The molecule has 0 radical (unpaired) electrons. The van der Waals surface area contributed by atoms with Crippen LogP contribution in [0.4, 0.5) is 0 Å². The van der Waals surface area contributed by atoms with Gasteiger partial charge in [0.25, 0.3) is 5.91 Å². The van der Waals surface area contributed by atoms with E-state index in [1.807, 2.05) is 6.07 Å². The van der Waals surface area contributed by atoms with Gasteiger partial charge in [-0.15, -0.1) is 0 Å². The summed E-state index contributed by atoms with van der Waals surface area (Å²) in [5.74, 6) is -0.597. The highest BCUT2D eigenvalue weighted by molar-refractivity contribution is 6.14. The summed E-state index contributed by atoms with van der Waals surface area (Å²) >= 11 is 0. The molecule has 1 saturated heterocycles. The molecule has 0 atom stereocenters. The first-order chi connectivity index (χ1) is 12.9. The van der Waals surface area contributed by atoms with Crippen LogP contribution < -0.4 is 10.5 Å². The minimum atomic E-state index is -0.674. The summed E-state index contributed by atoms with van der Waals surface area (Å²) in [5.41, 5.74) is 6.40. The van der Waals surface area contributed by atoms with E-state index in [0.717, 1.165) is 25.9 Å². The number of benzene rings is 1. The van der Waals surface area contributed by atoms with Crippen molar-refractivity contribution < 1.29 is 19.1 Å². The predicted molar refractivity (Wildman–Crippen MR) is 103 cm³/mol. The van der Waals surface area contributed by atoms with Gasteiger partial charge in [0.15, 0.2) is 0 Å². The van der Waals surface area contributed by atoms with E-state index in [9.17, 15) is 9.59 Å². The largest absolute Gasteiger partial charge is 0.490 e. The number of carbonyl (C=O) groups excluding carboxylic acids is 2. The molecule has 1 amide bonds. The fourth-order valence-electron chi connectivity index (χ4n) is 3.56. The molecule has 0 bridgehead atoms. The number of primary amides is 1. The van der Waals surface area contributed by atoms with Crippen LogP contribution in [0.25, 0.3) is 10.9 Å². The predicted octanol–water partition coefficient (Wildman–Crippen LogP) is 2.70. The van der Waals surface area contributed by atoms with E-state index in [2.05, 4.69) is 23.7 Å². The molecule has 1 aromatic heterocycles. The topological polar surface area (TPSA) is 97.7 Å². The van der Waals surface area contributed by atoms with Crippen LogP contribution >= 0.6 is 0 Å². The number of hydrogen-bond acceptors (Lipinski definition) is 5. The Morgan fingerprint density at radius 3 is 2.59 bits per heavy atom. The lowest BCUT2D eigenvalue weighted by molar-refractivity contribution is 0.0517. The average Bonchev–Trinajstić information content (AvgIpc) is 3.01. The van der Waals surface area contributed by atoms with Gasteiger partial charge in [0.1, 0.15) is 17.5 Å². The Labute approximate surface area is 158 Å². The second-order valence-corrected chi connectivity index (χ2v) is 7.11. The van der Waals surface area contributed by atoms with Crippen molar-refractivity contribution in [3.63, 3.8) is 0 Å². The normalized spacial score (nSPS) is 16.0. The van der Waals surface area contributed by atoms with Crippen molar-refractivity contribution in [1.82, 2.24) is 9.88 Å². The summed E-state index contributed by atoms with van der Waals surface area (Å²) in [4.78, 5) is 29.5. The van der Waals surface area contributed by atoms with Gasteiger partial charge in [-0.05, 0) is 51.8 Å². The van der Waals surface area contributed by atoms with E-state index in [1.54, 1.807) is 19.1 Å². The number of amides is 1. The van der Waals surface area contributed by atoms with Gasteiger partial charge < -0.3 is 25.1 Å². The number of aromatic amines is 1. The molecule has 1 aromatic carbocycles. The molecule has 7 nitrogen and oxygen atoms in total. The lowest BCUT2D eigenvalue weighted by atomic mass is 10.1. The van der Waals surface area contributed by atoms with Crippen LogP contribution in [0.2, 0.25) is 0 Å². The second kappa shape index (κ2) is 8.00. The van der Waals surface area contributed by atoms with Crippen molar-refractivity contribution in [3.05, 3.63) is 29.5 Å². The van der Waals surface area contributed by atoms with E-state index in [-0.39, 0.29) is 24.0 Å². The van der Waals surface area contributed by atoms with Gasteiger partial charge in [0.05, 0.1) is 12.2 Å². The molecule has 2 heterocycles. The molecule has 2 aromatic rings. The summed E-state index contributed by atoms with van der Waals surface area (Å²) in [6, 6.07) is 5.95. The summed E-state index contributed by atoms with van der Waals surface area (Å²) in [7, 11) is 0. The molecule has 3 rings (SSSR count). The van der Waals surface area contributed by atoms with Crippen LogP contribution in [-0.4, -0.2) is 53.6 Å². The highest BCUT2D eigenvalue weighted by Gasteiger charge is 2.25. The van der Waals surface area contributed by atoms with E-state index in [0.29, 0.717) is 22.7 Å². The summed E-state index contributed by atoms with van der Waals surface area (Å²) in [6.07, 6.45) is 2.05. The van der Waals surface area contributed by atoms with Crippen molar-refractivity contribution in [2.45, 2.75) is 45.8 Å². The number of hydrogen-bond donors (Lipinski definition) is 2. The Bertz CT molecular complexity index is 835. The number of nitrogens with zero attached hydrogens (tertiary/aromatic N) is 1. The minimum Gasteiger partial charge on any atom is -0.490 e. The number of ether oxygens (including phenoxy) is 2. The maximum Gasteiger partial charge on any atom is 0.355 e. The summed E-state index contributed by atoms with van der Waals surface area (Å²) in [5, 5.41) is 0.572. The molecule has 1 aliphatic rings. The van der Waals surface area contributed by atoms with Gasteiger partial charge >= 0.3 is 5.97 Å². The standard InChI is InChI=1S/C20H27N3O4/c1-4-26-20(25)18-17(19(21)24)15-11-14(5-6-16(15)22-18)27-13-7-9-23(10-8-13)12(2)3/h5-6,11-13,22H,4,7-10H2,1-3H3,(H2,21,24). The van der Waals surface area contributed by atoms with Gasteiger partial charge in [0.2, 0.25) is 0 Å². The van der Waals surface area contributed by atoms with Crippen molar-refractivity contribution in [1.29, 1.82) is 0 Å². The van der Waals surface area contributed by atoms with Crippen LogP contribution in [-0.2, 0) is 4.74 Å². The third-order valence-electron chi connectivity index (χ3n) is 5.01. The number of nitrogens with two attached hydrogens (primary N) is 1. The Hall–Kier alpha value is -2.54. The second-order valence-electron chi connectivity index (χ2n) is 7.11. The number of piperidine rings is 1. The Morgan fingerprint density at radius 2 is 2.00 bits per heavy atom. The Morgan fingerprint density at radius 1 is 1.30 bits per heavy atom. The quantitative estimate of drug-likeness (QED) is 0.759. The fourth-order valence-corrected chi connectivity index (χ4v) is 3.56. The molecular formula is C20H27N3O4. The zero-order valence-electron chi connectivity index (χ0n) is 16.1. The van der Waals surface area contributed by atoms with Crippen molar-refractivity contribution in [3.8, 4) is 5.75 Å². The molecule has 3 N–H and O–H groups in total. The number of carbonyl (C=O) groups is 2. The number of fused-ring (bicyclic) bond motifs is 1. The summed E-state index contributed by atoms with van der Waals surface area (Å²) < 4.78 is 11.2. The zero-order valence-corrected chi connectivity index (χ0v) is 16.1. The monoisotopic (exact) mass is 373 g/mol. The highest BCUT2D eigenvalue weighted by Crippen LogP contribution is 2.29. The van der Waals surface area contributed by atoms with E-state index in [1.165, 1.54) is 0 Å². The van der Waals surface area contributed by atoms with Crippen LogP contribution in [0.1, 0.15) is 54.5 Å². The van der Waals surface area contributed by atoms with Gasteiger partial charge in [-0.3, -0.25) is 4.79 Å². The van der Waals surface area contributed by atoms with Gasteiger partial charge in [-0.25, -0.2) is 4.79 Å². The van der Waals surface area contributed by atoms with Crippen molar-refractivity contribution in [2.75, 3.05) is 19.7 Å². The van der Waals surface area contributed by atoms with Gasteiger partial charge in [-0.2, -0.15) is 0 Å². The lowest BCUT2D eigenvalue weighted by Gasteiger charge is -2.34. The van der Waals surface area contributed by atoms with Crippen molar-refractivity contribution >= 4 is 22.8 Å². The number of H-pyrrole nitrogens is 1. The Balaban J connectivity index is 1.83. The number of likely N-dealkylation sites (tertiary alicyclic amines) is 1. The third-order valence-corrected chi connectivity index (χ3v) is 5.01. The zero-order chi connectivity index (χ0) is 19.6. The van der Waals surface area contributed by atoms with Gasteiger partial charge in [-0.1, -0.05) is 0 Å². The number of aromatic nitrogens is 1. The lowest BCUT2D eigenvalue weighted by Crippen LogP contribution is -2.41. The number of rotatable bonds is 6. The molecule has 7 heteroatoms. The first kappa shape index (κ1) is 19.2. The highest BCUT2D eigenvalue weighted by atomic mass is 16.5. The smallest absolute Gasteiger partial charge is 0.355 e. The van der Waals surface area contributed by atoms with Crippen LogP contribution in [0.5, 0.6) is 5.75 Å². The molecule has 1 fully saturated rings. The molecular weight excluding hydrogens is 346 g/mol. The maximum absolute atomic E-state index is 12.1. The molecule has 0 spiro atoms. The van der Waals surface area contributed by atoms with Crippen LogP contribution in [0.15, 0.2) is 18.2 Å². The number of nitrogens with one attached hydrogen (secondary N) is 1. The van der Waals surface area contributed by atoms with E-state index < -0.39 is 11.9 Å². The maximum atomic E-state index is 12.1. The first-order valence-electron chi connectivity index (χ1n) is 9.44. The first-order valence-corrected chi connectivity index (χ1v) is 9.44. The minimum absolute atomic E-state index is 0.0849. The fraction of sp³-hybridized carbons (Fsp3) is 0.500.